The molecule has 0 saturated carbocycles. The van der Waals surface area contributed by atoms with Crippen LogP contribution >= 0.6 is 0 Å². The first-order chi connectivity index (χ1) is 11.3. The van der Waals surface area contributed by atoms with E-state index in [1.807, 2.05) is 25.1 Å². The zero-order valence-corrected chi connectivity index (χ0v) is 15.2. The minimum atomic E-state index is -0.880. The highest BCUT2D eigenvalue weighted by molar-refractivity contribution is 5.72. The summed E-state index contributed by atoms with van der Waals surface area (Å²) in [6.07, 6.45) is 0.841. The van der Waals surface area contributed by atoms with Crippen molar-refractivity contribution in [3.8, 4) is 0 Å². The second-order valence-electron chi connectivity index (χ2n) is 6.82. The van der Waals surface area contributed by atoms with Gasteiger partial charge in [0.2, 0.25) is 5.95 Å². The molecule has 0 aromatic carbocycles. The summed E-state index contributed by atoms with van der Waals surface area (Å²) < 4.78 is 5.14. The molecule has 24 heavy (non-hydrogen) atoms. The van der Waals surface area contributed by atoms with Crippen LogP contribution in [0.4, 0.5) is 11.8 Å². The third-order valence-corrected chi connectivity index (χ3v) is 4.50. The number of ether oxygens (including phenoxy) is 1. The maximum Gasteiger partial charge on any atom is 0.333 e. The number of carboxylic acid groups (broad SMARTS) is 1. The lowest BCUT2D eigenvalue weighted by molar-refractivity contribution is -0.152. The second kappa shape index (κ2) is 7.79. The summed E-state index contributed by atoms with van der Waals surface area (Å²) in [6.45, 7) is 5.79. The smallest absolute Gasteiger partial charge is 0.333 e. The number of piperidine rings is 1. The molecule has 1 unspecified atom stereocenters. The molecule has 0 amide bonds. The first-order valence-electron chi connectivity index (χ1n) is 8.40. The van der Waals surface area contributed by atoms with Gasteiger partial charge in [-0.1, -0.05) is 13.8 Å². The van der Waals surface area contributed by atoms with Gasteiger partial charge in [-0.15, -0.1) is 0 Å². The minimum Gasteiger partial charge on any atom is -0.479 e. The van der Waals surface area contributed by atoms with Crippen molar-refractivity contribution in [2.45, 2.75) is 38.7 Å². The van der Waals surface area contributed by atoms with Crippen molar-refractivity contribution < 1.29 is 14.6 Å². The molecule has 1 N–H and O–H groups in total. The Balaban J connectivity index is 2.15. The van der Waals surface area contributed by atoms with E-state index in [1.54, 1.807) is 0 Å². The van der Waals surface area contributed by atoms with E-state index < -0.39 is 12.1 Å². The molecule has 2 rings (SSSR count). The Labute approximate surface area is 143 Å². The maximum atomic E-state index is 11.3. The molecule has 0 bridgehead atoms. The molecule has 0 spiro atoms. The number of hydrogen-bond acceptors (Lipinski definition) is 6. The van der Waals surface area contributed by atoms with Gasteiger partial charge in [0.15, 0.2) is 6.10 Å². The van der Waals surface area contributed by atoms with E-state index in [-0.39, 0.29) is 5.92 Å². The third kappa shape index (κ3) is 4.14. The van der Waals surface area contributed by atoms with Gasteiger partial charge in [-0.2, -0.15) is 4.98 Å². The number of methoxy groups -OCH3 is 1. The normalized spacial score (nSPS) is 17.2. The standard InChI is InChI=1S/C17H28N4O3/c1-11(2)13-10-14(19-17(18-13)20(3)4)21-8-6-12(7-9-21)15(24-5)16(22)23/h10-12,15H,6-9H2,1-5H3,(H,22,23). The lowest BCUT2D eigenvalue weighted by atomic mass is 9.91. The van der Waals surface area contributed by atoms with Crippen LogP contribution in [0.25, 0.3) is 0 Å². The number of aliphatic carboxylic acids is 1. The first kappa shape index (κ1) is 18.4. The number of carbonyl (C=O) groups is 1. The Kier molecular flexibility index (Phi) is 5.99. The quantitative estimate of drug-likeness (QED) is 0.851. The van der Waals surface area contributed by atoms with Crippen LogP contribution in [0.15, 0.2) is 6.07 Å². The predicted octanol–water partition coefficient (Wildman–Crippen LogP) is 1.98. The Morgan fingerprint density at radius 1 is 1.33 bits per heavy atom. The van der Waals surface area contributed by atoms with E-state index >= 15 is 0 Å². The largest absolute Gasteiger partial charge is 0.479 e. The molecule has 1 fully saturated rings. The average Bonchev–Trinajstić information content (AvgIpc) is 2.55. The van der Waals surface area contributed by atoms with E-state index in [0.29, 0.717) is 11.9 Å². The van der Waals surface area contributed by atoms with Crippen molar-refractivity contribution in [2.24, 2.45) is 5.92 Å². The van der Waals surface area contributed by atoms with Gasteiger partial charge < -0.3 is 19.6 Å². The van der Waals surface area contributed by atoms with E-state index in [0.717, 1.165) is 37.4 Å². The van der Waals surface area contributed by atoms with Crippen LogP contribution < -0.4 is 9.80 Å². The summed E-state index contributed by atoms with van der Waals surface area (Å²) >= 11 is 0. The van der Waals surface area contributed by atoms with Crippen molar-refractivity contribution in [1.29, 1.82) is 0 Å². The lowest BCUT2D eigenvalue weighted by Crippen LogP contribution is -2.41. The fourth-order valence-electron chi connectivity index (χ4n) is 3.02. The number of rotatable bonds is 6. The van der Waals surface area contributed by atoms with Crippen LogP contribution in [0.3, 0.4) is 0 Å². The highest BCUT2D eigenvalue weighted by atomic mass is 16.5. The minimum absolute atomic E-state index is 0.0449. The first-order valence-corrected chi connectivity index (χ1v) is 8.40. The Morgan fingerprint density at radius 3 is 2.42 bits per heavy atom. The highest BCUT2D eigenvalue weighted by Gasteiger charge is 2.32. The van der Waals surface area contributed by atoms with Crippen LogP contribution in [-0.4, -0.2) is 61.4 Å². The van der Waals surface area contributed by atoms with Crippen LogP contribution in [0.1, 0.15) is 38.3 Å². The number of nitrogens with zero attached hydrogens (tertiary/aromatic N) is 4. The van der Waals surface area contributed by atoms with Crippen LogP contribution in [0.2, 0.25) is 0 Å². The summed E-state index contributed by atoms with van der Waals surface area (Å²) in [7, 11) is 5.34. The van der Waals surface area contributed by atoms with Gasteiger partial charge in [0, 0.05) is 40.4 Å². The van der Waals surface area contributed by atoms with E-state index in [1.165, 1.54) is 7.11 Å². The summed E-state index contributed by atoms with van der Waals surface area (Å²) in [5.74, 6) is 1.12. The lowest BCUT2D eigenvalue weighted by Gasteiger charge is -2.35. The molecule has 7 nitrogen and oxygen atoms in total. The van der Waals surface area contributed by atoms with E-state index in [9.17, 15) is 9.90 Å². The van der Waals surface area contributed by atoms with Gasteiger partial charge in [0.05, 0.1) is 5.69 Å². The van der Waals surface area contributed by atoms with Crippen LogP contribution in [0, 0.1) is 5.92 Å². The van der Waals surface area contributed by atoms with Gasteiger partial charge in [-0.05, 0) is 24.7 Å². The Hall–Kier alpha value is -1.89. The molecule has 1 aliphatic heterocycles. The molecule has 0 radical (unpaired) electrons. The Bertz CT molecular complexity index is 543. The maximum absolute atomic E-state index is 11.3. The Morgan fingerprint density at radius 2 is 1.96 bits per heavy atom. The van der Waals surface area contributed by atoms with Crippen molar-refractivity contribution in [3.05, 3.63) is 11.8 Å². The molecule has 134 valence electrons. The number of hydrogen-bond donors (Lipinski definition) is 1. The van der Waals surface area contributed by atoms with Crippen LogP contribution in [-0.2, 0) is 9.53 Å². The molecule has 2 heterocycles. The van der Waals surface area contributed by atoms with Gasteiger partial charge in [0.1, 0.15) is 5.82 Å². The summed E-state index contributed by atoms with van der Waals surface area (Å²) in [4.78, 5) is 24.6. The average molecular weight is 336 g/mol. The molecule has 7 heteroatoms. The van der Waals surface area contributed by atoms with Crippen molar-refractivity contribution >= 4 is 17.7 Å². The SMILES string of the molecule is COC(C(=O)O)C1CCN(c2cc(C(C)C)nc(N(C)C)n2)CC1. The number of aromatic nitrogens is 2. The van der Waals surface area contributed by atoms with E-state index in [2.05, 4.69) is 28.7 Å². The number of anilines is 2. The van der Waals surface area contributed by atoms with Gasteiger partial charge in [0.25, 0.3) is 0 Å². The topological polar surface area (TPSA) is 78.8 Å². The molecule has 0 aliphatic carbocycles. The summed E-state index contributed by atoms with van der Waals surface area (Å²) in [5, 5.41) is 9.24. The second-order valence-corrected chi connectivity index (χ2v) is 6.82. The summed E-state index contributed by atoms with van der Waals surface area (Å²) in [5.41, 5.74) is 1.02. The third-order valence-electron chi connectivity index (χ3n) is 4.50. The van der Waals surface area contributed by atoms with Crippen LogP contribution in [0.5, 0.6) is 0 Å². The van der Waals surface area contributed by atoms with Gasteiger partial charge in [-0.25, -0.2) is 9.78 Å². The fraction of sp³-hybridized carbons (Fsp3) is 0.706. The molecular formula is C17H28N4O3. The zero-order valence-electron chi connectivity index (χ0n) is 15.2. The fourth-order valence-corrected chi connectivity index (χ4v) is 3.02. The van der Waals surface area contributed by atoms with Gasteiger partial charge in [-0.3, -0.25) is 0 Å². The van der Waals surface area contributed by atoms with Gasteiger partial charge >= 0.3 is 5.97 Å². The predicted molar refractivity (Wildman–Crippen MR) is 93.8 cm³/mol. The molecule has 1 aromatic heterocycles. The summed E-state index contributed by atoms with van der Waals surface area (Å²) in [6, 6.07) is 2.04. The van der Waals surface area contributed by atoms with Crippen molar-refractivity contribution in [2.75, 3.05) is 44.1 Å². The zero-order chi connectivity index (χ0) is 17.9. The van der Waals surface area contributed by atoms with E-state index in [4.69, 9.17) is 4.74 Å². The monoisotopic (exact) mass is 336 g/mol. The molecule has 1 aliphatic rings. The van der Waals surface area contributed by atoms with Crippen molar-refractivity contribution in [1.82, 2.24) is 9.97 Å². The molecule has 1 saturated heterocycles. The number of carboxylic acids is 1. The highest BCUT2D eigenvalue weighted by Crippen LogP contribution is 2.28. The molecular weight excluding hydrogens is 308 g/mol. The van der Waals surface area contributed by atoms with Crippen molar-refractivity contribution in [3.63, 3.8) is 0 Å². The molecule has 1 atom stereocenters. The molecule has 1 aromatic rings.